The molecular formula is C32H43N7O4S. The monoisotopic (exact) mass is 621 g/mol. The zero-order valence-corrected chi connectivity index (χ0v) is 27.2. The molecule has 5 rings (SSSR count). The summed E-state index contributed by atoms with van der Waals surface area (Å²) in [7, 11) is 0. The van der Waals surface area contributed by atoms with Crippen LogP contribution in [0.1, 0.15) is 66.6 Å². The highest BCUT2D eigenvalue weighted by molar-refractivity contribution is 8.07. The second-order valence-corrected chi connectivity index (χ2v) is 14.7. The number of hydrogen-bond acceptors (Lipinski definition) is 9. The van der Waals surface area contributed by atoms with Gasteiger partial charge in [-0.05, 0) is 71.9 Å². The van der Waals surface area contributed by atoms with Crippen LogP contribution in [0.2, 0.25) is 0 Å². The van der Waals surface area contributed by atoms with Crippen LogP contribution in [0.4, 0.5) is 15.5 Å². The molecular weight excluding hydrogens is 578 g/mol. The molecule has 11 nitrogen and oxygen atoms in total. The number of alkyl carbamates (subject to hydrolysis) is 1. The van der Waals surface area contributed by atoms with Gasteiger partial charge in [-0.25, -0.2) is 24.5 Å². The first kappa shape index (κ1) is 31.6. The van der Waals surface area contributed by atoms with E-state index in [0.717, 1.165) is 53.2 Å². The number of carbonyl (C=O) groups excluding carboxylic acids is 2. The van der Waals surface area contributed by atoms with Crippen LogP contribution in [0.5, 0.6) is 0 Å². The van der Waals surface area contributed by atoms with Crippen LogP contribution in [-0.2, 0) is 14.2 Å². The van der Waals surface area contributed by atoms with Crippen molar-refractivity contribution in [1.29, 1.82) is 0 Å². The first-order chi connectivity index (χ1) is 20.8. The van der Waals surface area contributed by atoms with Gasteiger partial charge >= 0.3 is 12.2 Å². The molecule has 1 aromatic carbocycles. The number of nitrogens with zero attached hydrogens (tertiary/aromatic N) is 4. The van der Waals surface area contributed by atoms with Crippen molar-refractivity contribution in [3.8, 4) is 22.4 Å². The van der Waals surface area contributed by atoms with Crippen molar-refractivity contribution >= 4 is 29.9 Å². The number of aromatic amines is 1. The summed E-state index contributed by atoms with van der Waals surface area (Å²) in [6.07, 6.45) is 7.42. The topological polar surface area (TPSA) is 134 Å². The first-order valence-electron chi connectivity index (χ1n) is 15.1. The molecule has 12 heteroatoms. The van der Waals surface area contributed by atoms with E-state index in [1.165, 1.54) is 0 Å². The number of rotatable bonds is 9. The number of H-pyrrole nitrogens is 1. The van der Waals surface area contributed by atoms with E-state index in [9.17, 15) is 9.59 Å². The molecule has 3 N–H and O–H groups in total. The average Bonchev–Trinajstić information content (AvgIpc) is 3.33. The lowest BCUT2D eigenvalue weighted by atomic mass is 10.0. The summed E-state index contributed by atoms with van der Waals surface area (Å²) in [5, 5.41) is 6.18. The molecule has 2 aliphatic heterocycles. The molecule has 2 aromatic heterocycles. The Balaban J connectivity index is 1.11. The van der Waals surface area contributed by atoms with Crippen molar-refractivity contribution in [2.75, 3.05) is 30.7 Å². The van der Waals surface area contributed by atoms with Gasteiger partial charge in [0.15, 0.2) is 0 Å². The smallest absolute Gasteiger partial charge is 0.410 e. The fourth-order valence-electron chi connectivity index (χ4n) is 5.01. The molecule has 3 aromatic rings. The second kappa shape index (κ2) is 12.7. The summed E-state index contributed by atoms with van der Waals surface area (Å²) in [6, 6.07) is 8.33. The predicted octanol–water partition coefficient (Wildman–Crippen LogP) is 6.20. The van der Waals surface area contributed by atoms with Crippen molar-refractivity contribution in [2.45, 2.75) is 82.8 Å². The highest BCUT2D eigenvalue weighted by Gasteiger charge is 2.47. The van der Waals surface area contributed by atoms with Gasteiger partial charge in [-0.2, -0.15) is 0 Å². The largest absolute Gasteiger partial charge is 0.444 e. The number of anilines is 1. The first-order valence-corrected chi connectivity index (χ1v) is 16.1. The van der Waals surface area contributed by atoms with Crippen LogP contribution in [0, 0.1) is 0 Å². The Kier molecular flexibility index (Phi) is 9.10. The molecule has 4 heterocycles. The molecule has 0 radical (unpaired) electrons. The number of thioether (sulfide) groups is 1. The number of amides is 2. The minimum atomic E-state index is -0.510. The lowest BCUT2D eigenvalue weighted by Crippen LogP contribution is -2.36. The Labute approximate surface area is 263 Å². The van der Waals surface area contributed by atoms with Crippen LogP contribution < -0.4 is 10.6 Å². The minimum absolute atomic E-state index is 0.0204. The maximum Gasteiger partial charge on any atom is 0.410 e. The molecule has 2 saturated heterocycles. The van der Waals surface area contributed by atoms with Crippen LogP contribution >= 0.6 is 11.8 Å². The summed E-state index contributed by atoms with van der Waals surface area (Å²) in [4.78, 5) is 43.2. The molecule has 2 aliphatic rings. The van der Waals surface area contributed by atoms with E-state index in [1.807, 2.05) is 71.9 Å². The molecule has 2 atom stereocenters. The summed E-state index contributed by atoms with van der Waals surface area (Å²) in [5.74, 6) is 2.53. The van der Waals surface area contributed by atoms with E-state index in [-0.39, 0.29) is 23.0 Å². The molecule has 0 spiro atoms. The third-order valence-corrected chi connectivity index (χ3v) is 8.66. The predicted molar refractivity (Wildman–Crippen MR) is 172 cm³/mol. The van der Waals surface area contributed by atoms with Gasteiger partial charge in [-0.3, -0.25) is 0 Å². The van der Waals surface area contributed by atoms with E-state index >= 15 is 0 Å². The zero-order chi connectivity index (χ0) is 31.5. The summed E-state index contributed by atoms with van der Waals surface area (Å²) in [6.45, 7) is 13.0. The minimum Gasteiger partial charge on any atom is -0.444 e. The molecule has 2 amide bonds. The Morgan fingerprint density at radius 1 is 0.977 bits per heavy atom. The Morgan fingerprint density at radius 2 is 1.64 bits per heavy atom. The lowest BCUT2D eigenvalue weighted by molar-refractivity contribution is 0.0293. The van der Waals surface area contributed by atoms with Gasteiger partial charge in [0, 0.05) is 49.4 Å². The third-order valence-electron chi connectivity index (χ3n) is 7.28. The van der Waals surface area contributed by atoms with Crippen molar-refractivity contribution < 1.29 is 19.1 Å². The molecule has 0 bridgehead atoms. The van der Waals surface area contributed by atoms with Gasteiger partial charge in [-0.1, -0.05) is 24.3 Å². The maximum atomic E-state index is 12.3. The van der Waals surface area contributed by atoms with E-state index in [4.69, 9.17) is 14.5 Å². The number of ether oxygens (including phenoxy) is 2. The number of nitrogens with one attached hydrogen (secondary N) is 3. The van der Waals surface area contributed by atoms with Crippen LogP contribution in [0.3, 0.4) is 0 Å². The van der Waals surface area contributed by atoms with Gasteiger partial charge < -0.3 is 30.0 Å². The Bertz CT molecular complexity index is 1440. The number of likely N-dealkylation sites (tertiary alicyclic amines) is 1. The maximum absolute atomic E-state index is 12.3. The number of imidazole rings is 1. The second-order valence-electron chi connectivity index (χ2n) is 13.4. The fourth-order valence-corrected chi connectivity index (χ4v) is 6.00. The van der Waals surface area contributed by atoms with Crippen LogP contribution in [0.25, 0.3) is 22.4 Å². The molecule has 2 fully saturated rings. The van der Waals surface area contributed by atoms with Crippen LogP contribution in [-0.4, -0.2) is 79.7 Å². The number of hydrogen-bond donors (Lipinski definition) is 3. The molecule has 236 valence electrons. The van der Waals surface area contributed by atoms with E-state index in [1.54, 1.807) is 4.90 Å². The number of aromatic nitrogens is 4. The fraction of sp³-hybridized carbons (Fsp3) is 0.531. The molecule has 0 aliphatic carbocycles. The SMILES string of the molecule is CC(C)(C)OC(=O)NCCC[C@@]1(c2ncc(-c3ccc(-c4cnc(NC5CCN(C(=O)OC(C)(C)C)C5)nc4)cc3)[nH]2)CS1. The third kappa shape index (κ3) is 8.43. The summed E-state index contributed by atoms with van der Waals surface area (Å²) < 4.78 is 10.8. The van der Waals surface area contributed by atoms with E-state index in [2.05, 4.69) is 49.9 Å². The van der Waals surface area contributed by atoms with Gasteiger partial charge in [-0.15, -0.1) is 11.8 Å². The number of carbonyl (C=O) groups is 2. The number of benzene rings is 1. The quantitative estimate of drug-likeness (QED) is 0.189. The summed E-state index contributed by atoms with van der Waals surface area (Å²) >= 11 is 1.88. The van der Waals surface area contributed by atoms with Gasteiger partial charge in [0.25, 0.3) is 0 Å². The summed E-state index contributed by atoms with van der Waals surface area (Å²) in [5.41, 5.74) is 2.95. The zero-order valence-electron chi connectivity index (χ0n) is 26.4. The molecule has 44 heavy (non-hydrogen) atoms. The highest BCUT2D eigenvalue weighted by atomic mass is 32.2. The van der Waals surface area contributed by atoms with Crippen molar-refractivity contribution in [1.82, 2.24) is 30.2 Å². The molecule has 0 saturated carbocycles. The average molecular weight is 622 g/mol. The highest BCUT2D eigenvalue weighted by Crippen LogP contribution is 2.55. The Hall–Kier alpha value is -3.80. The standard InChI is InChI=1S/C32H43N7O4S/c1-30(2,3)42-28(40)33-14-7-13-32(20-44-32)26-34-18-25(38-26)22-10-8-21(9-11-22)23-16-35-27(36-17-23)37-24-12-15-39(19-24)29(41)43-31(4,5)6/h8-11,16-18,24H,7,12-15,19-20H2,1-6H3,(H,33,40)(H,34,38)(H,35,36,37)/t24?,32-/m0/s1. The van der Waals surface area contributed by atoms with Crippen molar-refractivity contribution in [3.05, 3.63) is 48.7 Å². The Morgan fingerprint density at radius 3 is 2.27 bits per heavy atom. The van der Waals surface area contributed by atoms with Crippen molar-refractivity contribution in [3.63, 3.8) is 0 Å². The van der Waals surface area contributed by atoms with Crippen molar-refractivity contribution in [2.24, 2.45) is 0 Å². The van der Waals surface area contributed by atoms with Gasteiger partial charge in [0.05, 0.1) is 16.6 Å². The lowest BCUT2D eigenvalue weighted by Gasteiger charge is -2.24. The van der Waals surface area contributed by atoms with E-state index < -0.39 is 11.2 Å². The van der Waals surface area contributed by atoms with E-state index in [0.29, 0.717) is 25.6 Å². The normalized spacial score (nSPS) is 19.9. The van der Waals surface area contributed by atoms with Gasteiger partial charge in [0.2, 0.25) is 5.95 Å². The van der Waals surface area contributed by atoms with Crippen LogP contribution in [0.15, 0.2) is 42.9 Å². The molecule has 1 unspecified atom stereocenters. The van der Waals surface area contributed by atoms with Gasteiger partial charge in [0.1, 0.15) is 17.0 Å².